The van der Waals surface area contributed by atoms with Crippen LogP contribution in [0.1, 0.15) is 28.4 Å². The van der Waals surface area contributed by atoms with Crippen LogP contribution in [0, 0.1) is 11.3 Å². The second kappa shape index (κ2) is 8.58. The Bertz CT molecular complexity index is 880. The van der Waals surface area contributed by atoms with Gasteiger partial charge in [0.05, 0.1) is 32.5 Å². The van der Waals surface area contributed by atoms with Crippen LogP contribution >= 0.6 is 0 Å². The molecule has 0 aliphatic rings. The van der Waals surface area contributed by atoms with E-state index >= 15 is 0 Å². The Morgan fingerprint density at radius 3 is 2.38 bits per heavy atom. The summed E-state index contributed by atoms with van der Waals surface area (Å²) in [5, 5.41) is 18.9. The maximum atomic E-state index is 11.4. The summed E-state index contributed by atoms with van der Waals surface area (Å²) in [5.74, 6) is 0.266. The zero-order valence-electron chi connectivity index (χ0n) is 14.8. The summed E-state index contributed by atoms with van der Waals surface area (Å²) >= 11 is 0. The van der Waals surface area contributed by atoms with Crippen molar-refractivity contribution < 1.29 is 24.1 Å². The number of carboxylic acids is 1. The Balaban J connectivity index is 2.48. The van der Waals surface area contributed by atoms with Crippen molar-refractivity contribution in [1.29, 1.82) is 5.26 Å². The fourth-order valence-corrected chi connectivity index (χ4v) is 2.44. The zero-order valence-corrected chi connectivity index (χ0v) is 14.8. The van der Waals surface area contributed by atoms with Crippen molar-refractivity contribution in [2.45, 2.75) is 6.92 Å². The molecule has 0 bridgehead atoms. The second-order valence-electron chi connectivity index (χ2n) is 5.23. The number of nitrogens with zero attached hydrogens (tertiary/aromatic N) is 1. The van der Waals surface area contributed by atoms with Crippen molar-refractivity contribution in [3.63, 3.8) is 0 Å². The van der Waals surface area contributed by atoms with Crippen LogP contribution in [0.25, 0.3) is 11.6 Å². The number of hydrogen-bond acceptors (Lipinski definition) is 5. The summed E-state index contributed by atoms with van der Waals surface area (Å²) in [6, 6.07) is 12.0. The molecule has 2 aromatic carbocycles. The first-order valence-corrected chi connectivity index (χ1v) is 7.88. The normalized spacial score (nSPS) is 10.8. The van der Waals surface area contributed by atoms with Crippen LogP contribution in [-0.2, 0) is 0 Å². The van der Waals surface area contributed by atoms with E-state index in [4.69, 9.17) is 14.2 Å². The third-order valence-corrected chi connectivity index (χ3v) is 3.66. The maximum Gasteiger partial charge on any atom is 0.339 e. The molecular weight excluding hydrogens is 334 g/mol. The molecule has 0 amide bonds. The van der Waals surface area contributed by atoms with E-state index in [1.165, 1.54) is 20.3 Å². The molecule has 6 nitrogen and oxygen atoms in total. The molecule has 134 valence electrons. The van der Waals surface area contributed by atoms with Crippen LogP contribution in [-0.4, -0.2) is 31.9 Å². The van der Waals surface area contributed by atoms with Crippen LogP contribution < -0.4 is 14.2 Å². The van der Waals surface area contributed by atoms with Gasteiger partial charge in [0.1, 0.15) is 11.3 Å². The standard InChI is InChI=1S/C20H19NO5/c1-4-26-17-7-5-13(10-16(17)20(22)23)9-15(12-21)14-6-8-18(24-2)19(11-14)25-3/h5-11H,4H2,1-3H3,(H,22,23)/b15-9+. The molecule has 0 unspecified atom stereocenters. The summed E-state index contributed by atoms with van der Waals surface area (Å²) < 4.78 is 15.8. The molecule has 0 aliphatic carbocycles. The minimum Gasteiger partial charge on any atom is -0.493 e. The minimum absolute atomic E-state index is 0.0465. The smallest absolute Gasteiger partial charge is 0.339 e. The SMILES string of the molecule is CCOc1ccc(/C=C(\C#N)c2ccc(OC)c(OC)c2)cc1C(=O)O. The van der Waals surface area contributed by atoms with Crippen molar-refractivity contribution in [3.8, 4) is 23.3 Å². The summed E-state index contributed by atoms with van der Waals surface area (Å²) in [6.45, 7) is 2.15. The molecular formula is C20H19NO5. The molecule has 0 aliphatic heterocycles. The van der Waals surface area contributed by atoms with Gasteiger partial charge in [-0.05, 0) is 54.5 Å². The quantitative estimate of drug-likeness (QED) is 0.600. The second-order valence-corrected chi connectivity index (χ2v) is 5.23. The monoisotopic (exact) mass is 353 g/mol. The molecule has 0 saturated heterocycles. The first kappa shape index (κ1) is 18.9. The predicted octanol–water partition coefficient (Wildman–Crippen LogP) is 3.86. The Kier molecular flexibility index (Phi) is 6.23. The van der Waals surface area contributed by atoms with Gasteiger partial charge in [0.2, 0.25) is 0 Å². The predicted molar refractivity (Wildman–Crippen MR) is 97.6 cm³/mol. The number of ether oxygens (including phenoxy) is 3. The molecule has 0 atom stereocenters. The number of aromatic carboxylic acids is 1. The molecule has 0 spiro atoms. The van der Waals surface area contributed by atoms with Gasteiger partial charge in [-0.25, -0.2) is 4.79 Å². The first-order valence-electron chi connectivity index (χ1n) is 7.88. The number of benzene rings is 2. The Labute approximate surface area is 151 Å². The lowest BCUT2D eigenvalue weighted by Crippen LogP contribution is -2.03. The van der Waals surface area contributed by atoms with Crippen molar-refractivity contribution in [2.24, 2.45) is 0 Å². The third-order valence-electron chi connectivity index (χ3n) is 3.66. The molecule has 0 aromatic heterocycles. The first-order chi connectivity index (χ1) is 12.5. The van der Waals surface area contributed by atoms with Crippen LogP contribution in [0.2, 0.25) is 0 Å². The van der Waals surface area contributed by atoms with Crippen molar-refractivity contribution >= 4 is 17.6 Å². The van der Waals surface area contributed by atoms with Gasteiger partial charge in [-0.2, -0.15) is 5.26 Å². The van der Waals surface area contributed by atoms with E-state index in [0.717, 1.165) is 0 Å². The number of carboxylic acid groups (broad SMARTS) is 1. The van der Waals surface area contributed by atoms with Gasteiger partial charge in [-0.3, -0.25) is 0 Å². The lowest BCUT2D eigenvalue weighted by Gasteiger charge is -2.10. The molecule has 0 heterocycles. The number of methoxy groups -OCH3 is 2. The largest absolute Gasteiger partial charge is 0.493 e. The van der Waals surface area contributed by atoms with Gasteiger partial charge >= 0.3 is 5.97 Å². The molecule has 6 heteroatoms. The van der Waals surface area contributed by atoms with E-state index in [9.17, 15) is 15.2 Å². The lowest BCUT2D eigenvalue weighted by atomic mass is 10.0. The van der Waals surface area contributed by atoms with Crippen LogP contribution in [0.3, 0.4) is 0 Å². The average Bonchev–Trinajstić information content (AvgIpc) is 2.66. The molecule has 0 radical (unpaired) electrons. The van der Waals surface area contributed by atoms with E-state index in [-0.39, 0.29) is 5.56 Å². The molecule has 2 aromatic rings. The molecule has 1 N–H and O–H groups in total. The van der Waals surface area contributed by atoms with E-state index in [2.05, 4.69) is 6.07 Å². The number of carbonyl (C=O) groups is 1. The summed E-state index contributed by atoms with van der Waals surface area (Å²) in [4.78, 5) is 11.4. The number of nitriles is 1. The Morgan fingerprint density at radius 2 is 1.81 bits per heavy atom. The summed E-state index contributed by atoms with van der Waals surface area (Å²) in [5.41, 5.74) is 1.63. The molecule has 26 heavy (non-hydrogen) atoms. The average molecular weight is 353 g/mol. The van der Waals surface area contributed by atoms with Crippen molar-refractivity contribution in [2.75, 3.05) is 20.8 Å². The summed E-state index contributed by atoms with van der Waals surface area (Å²) in [7, 11) is 3.05. The van der Waals surface area contributed by atoms with E-state index in [1.807, 2.05) is 0 Å². The van der Waals surface area contributed by atoms with E-state index in [1.54, 1.807) is 43.3 Å². The van der Waals surface area contributed by atoms with Gasteiger partial charge < -0.3 is 19.3 Å². The van der Waals surface area contributed by atoms with Crippen LogP contribution in [0.15, 0.2) is 36.4 Å². The van der Waals surface area contributed by atoms with Gasteiger partial charge in [0, 0.05) is 0 Å². The number of hydrogen-bond donors (Lipinski definition) is 1. The topological polar surface area (TPSA) is 88.8 Å². The van der Waals surface area contributed by atoms with Gasteiger partial charge in [-0.1, -0.05) is 6.07 Å². The Morgan fingerprint density at radius 1 is 1.12 bits per heavy atom. The van der Waals surface area contributed by atoms with Crippen molar-refractivity contribution in [3.05, 3.63) is 53.1 Å². The molecule has 2 rings (SSSR count). The Hall–Kier alpha value is -3.46. The fourth-order valence-electron chi connectivity index (χ4n) is 2.44. The number of rotatable bonds is 7. The zero-order chi connectivity index (χ0) is 19.1. The van der Waals surface area contributed by atoms with E-state index in [0.29, 0.717) is 40.6 Å². The van der Waals surface area contributed by atoms with Gasteiger partial charge in [-0.15, -0.1) is 0 Å². The maximum absolute atomic E-state index is 11.4. The minimum atomic E-state index is -1.09. The van der Waals surface area contributed by atoms with E-state index < -0.39 is 5.97 Å². The highest BCUT2D eigenvalue weighted by Gasteiger charge is 2.13. The third kappa shape index (κ3) is 4.14. The molecule has 0 saturated carbocycles. The van der Waals surface area contributed by atoms with Crippen molar-refractivity contribution in [1.82, 2.24) is 0 Å². The highest BCUT2D eigenvalue weighted by Crippen LogP contribution is 2.31. The van der Waals surface area contributed by atoms with Gasteiger partial charge in [0.25, 0.3) is 0 Å². The highest BCUT2D eigenvalue weighted by molar-refractivity contribution is 5.94. The summed E-state index contributed by atoms with van der Waals surface area (Å²) in [6.07, 6.45) is 1.61. The lowest BCUT2D eigenvalue weighted by molar-refractivity contribution is 0.0692. The van der Waals surface area contributed by atoms with Crippen LogP contribution in [0.4, 0.5) is 0 Å². The fraction of sp³-hybridized carbons (Fsp3) is 0.200. The number of allylic oxidation sites excluding steroid dienone is 1. The van der Waals surface area contributed by atoms with Crippen LogP contribution in [0.5, 0.6) is 17.2 Å². The van der Waals surface area contributed by atoms with Gasteiger partial charge in [0.15, 0.2) is 11.5 Å². The highest BCUT2D eigenvalue weighted by atomic mass is 16.5. The molecule has 0 fully saturated rings.